The first-order valence-corrected chi connectivity index (χ1v) is 7.03. The van der Waals surface area contributed by atoms with Crippen molar-refractivity contribution in [2.75, 3.05) is 0 Å². The van der Waals surface area contributed by atoms with E-state index in [9.17, 15) is 10.1 Å². The number of hydrogen-bond donors (Lipinski definition) is 0. The van der Waals surface area contributed by atoms with E-state index in [4.69, 9.17) is 4.42 Å². The van der Waals surface area contributed by atoms with Gasteiger partial charge in [0.1, 0.15) is 17.9 Å². The monoisotopic (exact) mass is 313 g/mol. The predicted octanol–water partition coefficient (Wildman–Crippen LogP) is 2.81. The molecule has 3 aromatic rings. The SMILES string of the molecule is Cc1ccc(-c2nnc(Cn3nc(C)c([N+](=O)[O-])c3C)o2)cc1. The van der Waals surface area contributed by atoms with Gasteiger partial charge in [-0.15, -0.1) is 10.2 Å². The number of hydrogen-bond acceptors (Lipinski definition) is 6. The zero-order valence-electron chi connectivity index (χ0n) is 13.0. The zero-order chi connectivity index (χ0) is 16.6. The van der Waals surface area contributed by atoms with Crippen LogP contribution in [0.25, 0.3) is 11.5 Å². The van der Waals surface area contributed by atoms with Crippen LogP contribution in [0.1, 0.15) is 22.8 Å². The van der Waals surface area contributed by atoms with Crippen LogP contribution in [-0.2, 0) is 6.54 Å². The van der Waals surface area contributed by atoms with Crippen molar-refractivity contribution in [1.82, 2.24) is 20.0 Å². The second kappa shape index (κ2) is 5.64. The van der Waals surface area contributed by atoms with Crippen LogP contribution in [0.5, 0.6) is 0 Å². The van der Waals surface area contributed by atoms with E-state index in [0.29, 0.717) is 23.2 Å². The van der Waals surface area contributed by atoms with Crippen molar-refractivity contribution in [1.29, 1.82) is 0 Å². The Morgan fingerprint density at radius 2 is 1.87 bits per heavy atom. The van der Waals surface area contributed by atoms with Crippen molar-refractivity contribution < 1.29 is 9.34 Å². The van der Waals surface area contributed by atoms with Crippen LogP contribution >= 0.6 is 0 Å². The van der Waals surface area contributed by atoms with Crippen LogP contribution in [0.15, 0.2) is 28.7 Å². The van der Waals surface area contributed by atoms with Crippen molar-refractivity contribution in [2.24, 2.45) is 0 Å². The lowest BCUT2D eigenvalue weighted by molar-refractivity contribution is -0.386. The van der Waals surface area contributed by atoms with Crippen LogP contribution in [0.2, 0.25) is 0 Å². The van der Waals surface area contributed by atoms with Gasteiger partial charge in [0.15, 0.2) is 0 Å². The molecule has 0 amide bonds. The smallest absolute Gasteiger partial charge is 0.312 e. The lowest BCUT2D eigenvalue weighted by Crippen LogP contribution is -2.04. The molecule has 8 heteroatoms. The lowest BCUT2D eigenvalue weighted by atomic mass is 10.1. The Bertz CT molecular complexity index is 864. The minimum Gasteiger partial charge on any atom is -0.419 e. The number of benzene rings is 1. The van der Waals surface area contributed by atoms with Crippen LogP contribution in [-0.4, -0.2) is 24.9 Å². The summed E-state index contributed by atoms with van der Waals surface area (Å²) in [6.45, 7) is 5.45. The first kappa shape index (κ1) is 14.9. The summed E-state index contributed by atoms with van der Waals surface area (Å²) in [6, 6.07) is 7.73. The van der Waals surface area contributed by atoms with Gasteiger partial charge < -0.3 is 4.42 Å². The maximum atomic E-state index is 11.0. The summed E-state index contributed by atoms with van der Waals surface area (Å²) >= 11 is 0. The summed E-state index contributed by atoms with van der Waals surface area (Å²) < 4.78 is 7.13. The summed E-state index contributed by atoms with van der Waals surface area (Å²) in [6.07, 6.45) is 0. The molecule has 0 spiro atoms. The van der Waals surface area contributed by atoms with Gasteiger partial charge in [0, 0.05) is 5.56 Å². The first-order chi connectivity index (χ1) is 11.0. The minimum atomic E-state index is -0.431. The molecule has 2 heterocycles. The Kier molecular flexibility index (Phi) is 3.65. The average Bonchev–Trinajstić information content (AvgIpc) is 3.05. The van der Waals surface area contributed by atoms with Crippen molar-refractivity contribution in [2.45, 2.75) is 27.3 Å². The molecule has 0 saturated heterocycles. The predicted molar refractivity (Wildman–Crippen MR) is 81.9 cm³/mol. The van der Waals surface area contributed by atoms with Crippen LogP contribution < -0.4 is 0 Å². The molecule has 0 atom stereocenters. The molecular weight excluding hydrogens is 298 g/mol. The normalized spacial score (nSPS) is 10.9. The van der Waals surface area contributed by atoms with Crippen LogP contribution in [0, 0.1) is 30.9 Å². The fourth-order valence-corrected chi connectivity index (χ4v) is 2.36. The van der Waals surface area contributed by atoms with E-state index in [0.717, 1.165) is 11.1 Å². The highest BCUT2D eigenvalue weighted by Crippen LogP contribution is 2.23. The zero-order valence-corrected chi connectivity index (χ0v) is 13.0. The molecule has 0 N–H and O–H groups in total. The van der Waals surface area contributed by atoms with Crippen LogP contribution in [0.3, 0.4) is 0 Å². The molecule has 23 heavy (non-hydrogen) atoms. The molecule has 0 saturated carbocycles. The Balaban J connectivity index is 1.86. The standard InChI is InChI=1S/C15H15N5O3/c1-9-4-6-12(7-5-9)15-17-16-13(23-15)8-19-11(3)14(20(21)22)10(2)18-19/h4-7H,8H2,1-3H3. The van der Waals surface area contributed by atoms with E-state index < -0.39 is 4.92 Å². The molecule has 0 fully saturated rings. The molecule has 0 unspecified atom stereocenters. The van der Waals surface area contributed by atoms with Crippen LogP contribution in [0.4, 0.5) is 5.69 Å². The number of aromatic nitrogens is 4. The second-order valence-electron chi connectivity index (χ2n) is 5.30. The van der Waals surface area contributed by atoms with E-state index in [1.54, 1.807) is 13.8 Å². The molecule has 3 rings (SSSR count). The number of aryl methyl sites for hydroxylation is 2. The van der Waals surface area contributed by atoms with E-state index in [1.807, 2.05) is 31.2 Å². The summed E-state index contributed by atoms with van der Waals surface area (Å²) in [5.74, 6) is 0.761. The highest BCUT2D eigenvalue weighted by Gasteiger charge is 2.22. The minimum absolute atomic E-state index is 0.0169. The van der Waals surface area contributed by atoms with Crippen molar-refractivity contribution >= 4 is 5.69 Å². The Morgan fingerprint density at radius 3 is 2.48 bits per heavy atom. The summed E-state index contributed by atoms with van der Waals surface area (Å²) in [5, 5.41) is 23.2. The molecule has 0 aliphatic heterocycles. The van der Waals surface area contributed by atoms with Gasteiger partial charge in [-0.05, 0) is 32.9 Å². The van der Waals surface area contributed by atoms with Crippen molar-refractivity contribution in [3.63, 3.8) is 0 Å². The third-order valence-electron chi connectivity index (χ3n) is 3.58. The molecule has 0 aliphatic carbocycles. The third kappa shape index (κ3) is 2.83. The molecular formula is C15H15N5O3. The molecule has 118 valence electrons. The molecule has 2 aromatic heterocycles. The van der Waals surface area contributed by atoms with Gasteiger partial charge in [-0.1, -0.05) is 17.7 Å². The number of nitro groups is 1. The van der Waals surface area contributed by atoms with Gasteiger partial charge in [-0.25, -0.2) is 0 Å². The fourth-order valence-electron chi connectivity index (χ4n) is 2.36. The van der Waals surface area contributed by atoms with Gasteiger partial charge >= 0.3 is 5.69 Å². The van der Waals surface area contributed by atoms with Gasteiger partial charge in [0.25, 0.3) is 0 Å². The first-order valence-electron chi connectivity index (χ1n) is 7.03. The third-order valence-corrected chi connectivity index (χ3v) is 3.58. The topological polar surface area (TPSA) is 99.9 Å². The van der Waals surface area contributed by atoms with E-state index >= 15 is 0 Å². The van der Waals surface area contributed by atoms with E-state index in [1.165, 1.54) is 4.68 Å². The summed E-state index contributed by atoms with van der Waals surface area (Å²) in [7, 11) is 0. The molecule has 8 nitrogen and oxygen atoms in total. The maximum Gasteiger partial charge on any atom is 0.312 e. The molecule has 1 aromatic carbocycles. The lowest BCUT2D eigenvalue weighted by Gasteiger charge is -1.99. The Hall–Kier alpha value is -3.03. The highest BCUT2D eigenvalue weighted by atomic mass is 16.6. The van der Waals surface area contributed by atoms with Gasteiger partial charge in [0.05, 0.1) is 4.92 Å². The molecule has 0 aliphatic rings. The molecule has 0 radical (unpaired) electrons. The van der Waals surface area contributed by atoms with Gasteiger partial charge in [-0.3, -0.25) is 14.8 Å². The van der Waals surface area contributed by atoms with E-state index in [2.05, 4.69) is 15.3 Å². The van der Waals surface area contributed by atoms with Gasteiger partial charge in [-0.2, -0.15) is 5.10 Å². The van der Waals surface area contributed by atoms with E-state index in [-0.39, 0.29) is 12.2 Å². The Labute approximate surface area is 131 Å². The quantitative estimate of drug-likeness (QED) is 0.542. The Morgan fingerprint density at radius 1 is 1.17 bits per heavy atom. The second-order valence-corrected chi connectivity index (χ2v) is 5.30. The molecule has 0 bridgehead atoms. The van der Waals surface area contributed by atoms with Crippen molar-refractivity contribution in [3.8, 4) is 11.5 Å². The maximum absolute atomic E-state index is 11.0. The average molecular weight is 313 g/mol. The summed E-state index contributed by atoms with van der Waals surface area (Å²) in [5.41, 5.74) is 2.81. The largest absolute Gasteiger partial charge is 0.419 e. The van der Waals surface area contributed by atoms with Gasteiger partial charge in [0.2, 0.25) is 11.8 Å². The fraction of sp³-hybridized carbons (Fsp3) is 0.267. The number of nitrogens with zero attached hydrogens (tertiary/aromatic N) is 5. The summed E-state index contributed by atoms with van der Waals surface area (Å²) in [4.78, 5) is 10.6. The van der Waals surface area contributed by atoms with Crippen molar-refractivity contribution in [3.05, 3.63) is 57.2 Å². The highest BCUT2D eigenvalue weighted by molar-refractivity contribution is 5.52. The number of rotatable bonds is 4.